The normalized spacial score (nSPS) is 15.9. The van der Waals surface area contributed by atoms with Crippen LogP contribution in [0.5, 0.6) is 0 Å². The molecule has 0 radical (unpaired) electrons. The summed E-state index contributed by atoms with van der Waals surface area (Å²) >= 11 is 0. The zero-order valence-electron chi connectivity index (χ0n) is 18.7. The van der Waals surface area contributed by atoms with Crippen LogP contribution in [0.3, 0.4) is 0 Å². The maximum atomic E-state index is 15.4. The molecule has 9 nitrogen and oxygen atoms in total. The van der Waals surface area contributed by atoms with Crippen molar-refractivity contribution in [1.82, 2.24) is 23.8 Å². The fourth-order valence-electron chi connectivity index (χ4n) is 4.28. The van der Waals surface area contributed by atoms with Crippen molar-refractivity contribution in [3.05, 3.63) is 71.6 Å². The van der Waals surface area contributed by atoms with Crippen molar-refractivity contribution in [2.75, 3.05) is 19.7 Å². The Morgan fingerprint density at radius 1 is 1.31 bits per heavy atom. The molecule has 1 fully saturated rings. The third-order valence-electron chi connectivity index (χ3n) is 5.97. The number of aromatic nitrogens is 4. The van der Waals surface area contributed by atoms with Gasteiger partial charge in [-0.3, -0.25) is 0 Å². The molecule has 3 aromatic heterocycles. The average Bonchev–Trinajstić information content (AvgIpc) is 3.44. The predicted molar refractivity (Wildman–Crippen MR) is 120 cm³/mol. The van der Waals surface area contributed by atoms with E-state index in [2.05, 4.69) is 9.97 Å². The van der Waals surface area contributed by atoms with E-state index in [1.54, 1.807) is 16.7 Å². The maximum absolute atomic E-state index is 15.4. The smallest absolute Gasteiger partial charge is 0.407 e. The van der Waals surface area contributed by atoms with Crippen molar-refractivity contribution < 1.29 is 23.4 Å². The zero-order valence-corrected chi connectivity index (χ0v) is 18.7. The van der Waals surface area contributed by atoms with Crippen LogP contribution in [0, 0.1) is 29.9 Å². The number of morpholine rings is 1. The summed E-state index contributed by atoms with van der Waals surface area (Å²) in [6.45, 7) is 2.52. The Balaban J connectivity index is 1.60. The number of hydrogen-bond acceptors (Lipinski definition) is 5. The number of amides is 1. The fraction of sp³-hybridized carbons (Fsp3) is 0.250. The van der Waals surface area contributed by atoms with Crippen LogP contribution in [0.1, 0.15) is 17.0 Å². The summed E-state index contributed by atoms with van der Waals surface area (Å²) in [5.74, 6) is -1.66. The van der Waals surface area contributed by atoms with Gasteiger partial charge in [-0.05, 0) is 36.8 Å². The number of benzene rings is 1. The van der Waals surface area contributed by atoms with Crippen molar-refractivity contribution in [2.45, 2.75) is 19.4 Å². The number of pyridine rings is 1. The van der Waals surface area contributed by atoms with Crippen LogP contribution in [0.2, 0.25) is 0 Å². The van der Waals surface area contributed by atoms with Gasteiger partial charge in [0.1, 0.15) is 29.7 Å². The van der Waals surface area contributed by atoms with Crippen molar-refractivity contribution >= 4 is 11.7 Å². The minimum atomic E-state index is -1.04. The number of halogens is 2. The Kier molecular flexibility index (Phi) is 5.66. The van der Waals surface area contributed by atoms with Crippen LogP contribution in [0.25, 0.3) is 22.6 Å². The van der Waals surface area contributed by atoms with Gasteiger partial charge in [-0.2, -0.15) is 5.26 Å². The predicted octanol–water partition coefficient (Wildman–Crippen LogP) is 3.57. The number of carbonyl (C=O) groups is 1. The summed E-state index contributed by atoms with van der Waals surface area (Å²) < 4.78 is 39.7. The standard InChI is InChI=1S/C24H20F2N6O3/c1-14-2-3-32-20(9-17-12-30(24(33)34)4-5-35-17)23(29-21(32)6-14)22-18(25)7-16(8-19(22)26)31-11-15(10-27)28-13-31/h2-3,6-8,11,13,17H,4-5,9,12H2,1H3,(H,33,34)/t17-/m0/s1. The second-order valence-electron chi connectivity index (χ2n) is 8.33. The molecule has 1 aliphatic rings. The number of ether oxygens (including phenoxy) is 1. The minimum absolute atomic E-state index is 0.121. The first-order chi connectivity index (χ1) is 16.8. The maximum Gasteiger partial charge on any atom is 0.407 e. The lowest BCUT2D eigenvalue weighted by Gasteiger charge is -2.31. The van der Waals surface area contributed by atoms with Gasteiger partial charge in [-0.15, -0.1) is 0 Å². The van der Waals surface area contributed by atoms with E-state index in [1.165, 1.54) is 22.0 Å². The molecule has 4 aromatic rings. The number of rotatable bonds is 4. The molecule has 11 heteroatoms. The van der Waals surface area contributed by atoms with Gasteiger partial charge in [0.15, 0.2) is 5.69 Å². The summed E-state index contributed by atoms with van der Waals surface area (Å²) in [4.78, 5) is 21.1. The number of aryl methyl sites for hydroxylation is 1. The molecule has 5 rings (SSSR count). The first-order valence-electron chi connectivity index (χ1n) is 10.8. The van der Waals surface area contributed by atoms with Crippen LogP contribution >= 0.6 is 0 Å². The lowest BCUT2D eigenvalue weighted by molar-refractivity contribution is -0.0214. The largest absolute Gasteiger partial charge is 0.465 e. The Morgan fingerprint density at radius 3 is 2.77 bits per heavy atom. The van der Waals surface area contributed by atoms with Crippen molar-refractivity contribution in [3.8, 4) is 23.0 Å². The van der Waals surface area contributed by atoms with Gasteiger partial charge in [0, 0.05) is 25.4 Å². The third-order valence-corrected chi connectivity index (χ3v) is 5.97. The lowest BCUT2D eigenvalue weighted by atomic mass is 10.0. The molecule has 0 aliphatic carbocycles. The number of fused-ring (bicyclic) bond motifs is 1. The second-order valence-corrected chi connectivity index (χ2v) is 8.33. The van der Waals surface area contributed by atoms with E-state index in [1.807, 2.05) is 19.1 Å². The first kappa shape index (κ1) is 22.5. The van der Waals surface area contributed by atoms with Gasteiger partial charge in [-0.1, -0.05) is 0 Å². The van der Waals surface area contributed by atoms with E-state index in [-0.39, 0.29) is 48.8 Å². The van der Waals surface area contributed by atoms with Crippen LogP contribution in [-0.4, -0.2) is 60.8 Å². The second kappa shape index (κ2) is 8.81. The monoisotopic (exact) mass is 478 g/mol. The zero-order chi connectivity index (χ0) is 24.7. The molecule has 1 aromatic carbocycles. The lowest BCUT2D eigenvalue weighted by Crippen LogP contribution is -2.45. The van der Waals surface area contributed by atoms with Gasteiger partial charge in [0.2, 0.25) is 0 Å². The Hall–Kier alpha value is -4.30. The highest BCUT2D eigenvalue weighted by atomic mass is 19.1. The molecule has 0 unspecified atom stereocenters. The number of nitriles is 1. The number of imidazole rings is 2. The molecule has 0 spiro atoms. The Bertz CT molecular complexity index is 1470. The molecular formula is C24H20F2N6O3. The van der Waals surface area contributed by atoms with E-state index >= 15 is 8.78 Å². The van der Waals surface area contributed by atoms with Crippen LogP contribution in [-0.2, 0) is 11.2 Å². The summed E-state index contributed by atoms with van der Waals surface area (Å²) in [7, 11) is 0. The third kappa shape index (κ3) is 4.20. The van der Waals surface area contributed by atoms with Crippen molar-refractivity contribution in [3.63, 3.8) is 0 Å². The van der Waals surface area contributed by atoms with Crippen molar-refractivity contribution in [2.24, 2.45) is 0 Å². The topological polar surface area (TPSA) is 109 Å². The van der Waals surface area contributed by atoms with E-state index in [0.717, 1.165) is 17.7 Å². The number of carboxylic acid groups (broad SMARTS) is 1. The van der Waals surface area contributed by atoms with E-state index < -0.39 is 23.8 Å². The fourth-order valence-corrected chi connectivity index (χ4v) is 4.28. The molecule has 178 valence electrons. The summed E-state index contributed by atoms with van der Waals surface area (Å²) in [6, 6.07) is 7.85. The minimum Gasteiger partial charge on any atom is -0.465 e. The van der Waals surface area contributed by atoms with Gasteiger partial charge >= 0.3 is 6.09 Å². The highest BCUT2D eigenvalue weighted by Crippen LogP contribution is 2.32. The van der Waals surface area contributed by atoms with E-state index in [4.69, 9.17) is 10.00 Å². The molecule has 1 saturated heterocycles. The molecule has 4 heterocycles. The molecule has 1 atom stereocenters. The Morgan fingerprint density at radius 2 is 2.09 bits per heavy atom. The van der Waals surface area contributed by atoms with Crippen LogP contribution in [0.4, 0.5) is 13.6 Å². The molecular weight excluding hydrogens is 458 g/mol. The highest BCUT2D eigenvalue weighted by Gasteiger charge is 2.28. The van der Waals surface area contributed by atoms with Crippen LogP contribution in [0.15, 0.2) is 43.0 Å². The highest BCUT2D eigenvalue weighted by molar-refractivity contribution is 5.69. The first-order valence-corrected chi connectivity index (χ1v) is 10.8. The summed E-state index contributed by atoms with van der Waals surface area (Å²) in [5, 5.41) is 18.3. The molecule has 1 aliphatic heterocycles. The molecule has 0 bridgehead atoms. The number of nitrogens with zero attached hydrogens (tertiary/aromatic N) is 6. The molecule has 1 N–H and O–H groups in total. The quantitative estimate of drug-likeness (QED) is 0.480. The summed E-state index contributed by atoms with van der Waals surface area (Å²) in [6.07, 6.45) is 3.12. The Labute approximate surface area is 198 Å². The van der Waals surface area contributed by atoms with E-state index in [0.29, 0.717) is 11.3 Å². The van der Waals surface area contributed by atoms with Gasteiger partial charge in [-0.25, -0.2) is 23.5 Å². The summed E-state index contributed by atoms with van der Waals surface area (Å²) in [5.41, 5.74) is 2.07. The molecule has 0 saturated carbocycles. The number of hydrogen-bond donors (Lipinski definition) is 1. The van der Waals surface area contributed by atoms with Gasteiger partial charge in [0.25, 0.3) is 0 Å². The van der Waals surface area contributed by atoms with E-state index in [9.17, 15) is 9.90 Å². The van der Waals surface area contributed by atoms with Crippen LogP contribution < -0.4 is 0 Å². The molecule has 35 heavy (non-hydrogen) atoms. The van der Waals surface area contributed by atoms with Gasteiger partial charge in [0.05, 0.1) is 41.9 Å². The average molecular weight is 478 g/mol. The van der Waals surface area contributed by atoms with Crippen molar-refractivity contribution in [1.29, 1.82) is 5.26 Å². The SMILES string of the molecule is Cc1ccn2c(C[C@H]3CN(C(=O)O)CCO3)c(-c3c(F)cc(-n4cnc(C#N)c4)cc3F)nc2c1. The molecule has 1 amide bonds. The van der Waals surface area contributed by atoms with Gasteiger partial charge < -0.3 is 23.7 Å².